The molecular weight excluding hydrogens is 192 g/mol. The van der Waals surface area contributed by atoms with Crippen LogP contribution in [0, 0.1) is 25.8 Å². The standard InChI is InChI=1S/C12H17O3/c1-9-3-10(2)5-12(4-9)15-8-11(6-13)7-14/h4-5,11,13-14H,6-8H2,1-2H3. The zero-order chi connectivity index (χ0) is 11.3. The number of hydrogen-bond acceptors (Lipinski definition) is 3. The Labute approximate surface area is 90.3 Å². The summed E-state index contributed by atoms with van der Waals surface area (Å²) in [6.07, 6.45) is 0. The fourth-order valence-corrected chi connectivity index (χ4v) is 1.31. The van der Waals surface area contributed by atoms with Crippen LogP contribution in [0.3, 0.4) is 0 Å². The minimum atomic E-state index is -0.213. The van der Waals surface area contributed by atoms with E-state index in [2.05, 4.69) is 6.07 Å². The van der Waals surface area contributed by atoms with Crippen LogP contribution in [0.5, 0.6) is 5.75 Å². The molecule has 0 saturated heterocycles. The summed E-state index contributed by atoms with van der Waals surface area (Å²) in [6.45, 7) is 4.11. The van der Waals surface area contributed by atoms with Crippen molar-refractivity contribution in [1.29, 1.82) is 0 Å². The predicted octanol–water partition coefficient (Wildman–Crippen LogP) is 1.08. The van der Waals surface area contributed by atoms with Crippen molar-refractivity contribution in [3.05, 3.63) is 29.3 Å². The normalized spacial score (nSPS) is 10.7. The Morgan fingerprint density at radius 1 is 1.20 bits per heavy atom. The van der Waals surface area contributed by atoms with Crippen molar-refractivity contribution in [2.24, 2.45) is 5.92 Å². The number of aliphatic hydroxyl groups is 2. The van der Waals surface area contributed by atoms with Crippen molar-refractivity contribution in [3.63, 3.8) is 0 Å². The summed E-state index contributed by atoms with van der Waals surface area (Å²) in [5, 5.41) is 17.7. The molecule has 0 heterocycles. The minimum Gasteiger partial charge on any atom is -0.493 e. The Kier molecular flexibility index (Phi) is 4.59. The van der Waals surface area contributed by atoms with Gasteiger partial charge in [-0.25, -0.2) is 0 Å². The van der Waals surface area contributed by atoms with Gasteiger partial charge >= 0.3 is 0 Å². The largest absolute Gasteiger partial charge is 0.493 e. The summed E-state index contributed by atoms with van der Waals surface area (Å²) in [4.78, 5) is 0. The van der Waals surface area contributed by atoms with Crippen LogP contribution in [0.1, 0.15) is 11.1 Å². The maximum Gasteiger partial charge on any atom is 0.119 e. The van der Waals surface area contributed by atoms with Crippen LogP contribution < -0.4 is 4.74 Å². The molecular formula is C12H17O3. The molecule has 0 spiro atoms. The molecule has 0 aliphatic rings. The van der Waals surface area contributed by atoms with E-state index in [1.54, 1.807) is 0 Å². The summed E-state index contributed by atoms with van der Waals surface area (Å²) in [7, 11) is 0. The van der Waals surface area contributed by atoms with Gasteiger partial charge in [0.25, 0.3) is 0 Å². The van der Waals surface area contributed by atoms with Crippen molar-refractivity contribution >= 4 is 0 Å². The highest BCUT2D eigenvalue weighted by atomic mass is 16.5. The molecule has 3 heteroatoms. The van der Waals surface area contributed by atoms with Gasteiger partial charge in [0.15, 0.2) is 0 Å². The lowest BCUT2D eigenvalue weighted by atomic mass is 10.1. The Bertz CT molecular complexity index is 285. The number of ether oxygens (including phenoxy) is 1. The number of aryl methyl sites for hydroxylation is 2. The lowest BCUT2D eigenvalue weighted by molar-refractivity contribution is 0.106. The zero-order valence-electron chi connectivity index (χ0n) is 9.16. The minimum absolute atomic E-state index is 0.0621. The summed E-state index contributed by atoms with van der Waals surface area (Å²) in [6, 6.07) is 6.92. The first-order chi connectivity index (χ1) is 7.15. The molecule has 15 heavy (non-hydrogen) atoms. The molecule has 0 unspecified atom stereocenters. The molecule has 1 radical (unpaired) electrons. The number of benzene rings is 1. The highest BCUT2D eigenvalue weighted by molar-refractivity contribution is 5.31. The van der Waals surface area contributed by atoms with Crippen molar-refractivity contribution < 1.29 is 14.9 Å². The van der Waals surface area contributed by atoms with E-state index in [4.69, 9.17) is 14.9 Å². The van der Waals surface area contributed by atoms with Crippen LogP contribution in [-0.2, 0) is 0 Å². The summed E-state index contributed by atoms with van der Waals surface area (Å²) in [5.41, 5.74) is 2.05. The molecule has 83 valence electrons. The predicted molar refractivity (Wildman–Crippen MR) is 57.9 cm³/mol. The first kappa shape index (κ1) is 12.0. The Morgan fingerprint density at radius 2 is 1.73 bits per heavy atom. The molecule has 0 bridgehead atoms. The molecule has 2 N–H and O–H groups in total. The molecule has 0 fully saturated rings. The van der Waals surface area contributed by atoms with E-state index in [0.29, 0.717) is 6.61 Å². The first-order valence-corrected chi connectivity index (χ1v) is 5.00. The van der Waals surface area contributed by atoms with Gasteiger partial charge < -0.3 is 14.9 Å². The molecule has 1 aromatic rings. The van der Waals surface area contributed by atoms with Crippen LogP contribution >= 0.6 is 0 Å². The van der Waals surface area contributed by atoms with Gasteiger partial charge in [-0.05, 0) is 43.2 Å². The highest BCUT2D eigenvalue weighted by Gasteiger charge is 2.06. The maximum absolute atomic E-state index is 8.87. The van der Waals surface area contributed by atoms with Crippen molar-refractivity contribution in [3.8, 4) is 5.75 Å². The van der Waals surface area contributed by atoms with E-state index in [9.17, 15) is 0 Å². The molecule has 0 saturated carbocycles. The van der Waals surface area contributed by atoms with E-state index in [0.717, 1.165) is 16.9 Å². The number of hydrogen-bond donors (Lipinski definition) is 2. The average Bonchev–Trinajstić information content (AvgIpc) is 2.18. The summed E-state index contributed by atoms with van der Waals surface area (Å²) in [5.74, 6) is 0.547. The van der Waals surface area contributed by atoms with Crippen molar-refractivity contribution in [1.82, 2.24) is 0 Å². The van der Waals surface area contributed by atoms with E-state index >= 15 is 0 Å². The molecule has 1 rings (SSSR count). The molecule has 1 aromatic carbocycles. The molecule has 0 aromatic heterocycles. The lowest BCUT2D eigenvalue weighted by Crippen LogP contribution is -2.19. The smallest absolute Gasteiger partial charge is 0.119 e. The second-order valence-corrected chi connectivity index (χ2v) is 3.72. The molecule has 0 amide bonds. The van der Waals surface area contributed by atoms with E-state index in [1.165, 1.54) is 0 Å². The average molecular weight is 209 g/mol. The van der Waals surface area contributed by atoms with Crippen molar-refractivity contribution in [2.45, 2.75) is 13.8 Å². The van der Waals surface area contributed by atoms with Gasteiger partial charge in [-0.15, -0.1) is 0 Å². The topological polar surface area (TPSA) is 49.7 Å². The SMILES string of the molecule is Cc1[c]c(C)cc(OCC(CO)CO)c1. The highest BCUT2D eigenvalue weighted by Crippen LogP contribution is 2.16. The van der Waals surface area contributed by atoms with Gasteiger partial charge in [-0.2, -0.15) is 0 Å². The molecule has 3 nitrogen and oxygen atoms in total. The van der Waals surface area contributed by atoms with E-state index in [-0.39, 0.29) is 19.1 Å². The van der Waals surface area contributed by atoms with Gasteiger partial charge in [0, 0.05) is 5.92 Å². The summed E-state index contributed by atoms with van der Waals surface area (Å²) >= 11 is 0. The quantitative estimate of drug-likeness (QED) is 0.763. The fraction of sp³-hybridized carbons (Fsp3) is 0.500. The summed E-state index contributed by atoms with van der Waals surface area (Å²) < 4.78 is 5.47. The molecule has 0 atom stereocenters. The van der Waals surface area contributed by atoms with Crippen LogP contribution in [-0.4, -0.2) is 30.0 Å². The van der Waals surface area contributed by atoms with Crippen LogP contribution in [0.15, 0.2) is 12.1 Å². The molecule has 0 aliphatic carbocycles. The second-order valence-electron chi connectivity index (χ2n) is 3.72. The third kappa shape index (κ3) is 3.90. The Balaban J connectivity index is 2.57. The maximum atomic E-state index is 8.87. The molecule has 0 aliphatic heterocycles. The van der Waals surface area contributed by atoms with E-state index < -0.39 is 0 Å². The fourth-order valence-electron chi connectivity index (χ4n) is 1.31. The monoisotopic (exact) mass is 209 g/mol. The second kappa shape index (κ2) is 5.73. The van der Waals surface area contributed by atoms with E-state index in [1.807, 2.05) is 26.0 Å². The van der Waals surface area contributed by atoms with Gasteiger partial charge in [0.1, 0.15) is 5.75 Å². The first-order valence-electron chi connectivity index (χ1n) is 5.00. The third-order valence-electron chi connectivity index (χ3n) is 2.11. The number of aliphatic hydroxyl groups excluding tert-OH is 2. The Morgan fingerprint density at radius 3 is 2.20 bits per heavy atom. The zero-order valence-corrected chi connectivity index (χ0v) is 9.16. The number of rotatable bonds is 5. The van der Waals surface area contributed by atoms with Gasteiger partial charge in [0.2, 0.25) is 0 Å². The van der Waals surface area contributed by atoms with Gasteiger partial charge in [-0.3, -0.25) is 0 Å². The third-order valence-corrected chi connectivity index (χ3v) is 2.11. The van der Waals surface area contributed by atoms with Crippen LogP contribution in [0.4, 0.5) is 0 Å². The Hall–Kier alpha value is -1.06. The lowest BCUT2D eigenvalue weighted by Gasteiger charge is -2.13. The van der Waals surface area contributed by atoms with Crippen LogP contribution in [0.2, 0.25) is 0 Å². The van der Waals surface area contributed by atoms with Crippen LogP contribution in [0.25, 0.3) is 0 Å². The van der Waals surface area contributed by atoms with Gasteiger partial charge in [0.05, 0.1) is 19.8 Å². The van der Waals surface area contributed by atoms with Gasteiger partial charge in [-0.1, -0.05) is 0 Å². The van der Waals surface area contributed by atoms with Crippen molar-refractivity contribution in [2.75, 3.05) is 19.8 Å².